The number of fused-ring (bicyclic) bond motifs is 3. The first kappa shape index (κ1) is 54.8. The van der Waals surface area contributed by atoms with Gasteiger partial charge in [0.1, 0.15) is 11.2 Å². The van der Waals surface area contributed by atoms with Crippen LogP contribution in [0.2, 0.25) is 0 Å². The maximum absolute atomic E-state index is 15.0. The number of benzene rings is 13. The first-order valence-electron chi connectivity index (χ1n) is 28.8. The Labute approximate surface area is 500 Å². The SMILES string of the molecule is O=P(c1ccccc1)(c1ccccc1)c1ccc2oc3ccc(P(=O)(c4ccccc4)c4ccccc4)cc3c2c1.c1ccc([Si](c2ccccc2)(c2ccccc2)c2ccc([Si](c3ccccc3)(c3ccccc3)c3ccccc3)cc2)cc1. The molecule has 13 aromatic carbocycles. The van der Waals surface area contributed by atoms with Crippen molar-refractivity contribution in [1.29, 1.82) is 0 Å². The highest BCUT2D eigenvalue weighted by Gasteiger charge is 2.44. The summed E-state index contributed by atoms with van der Waals surface area (Å²) in [5.41, 5.74) is 1.39. The van der Waals surface area contributed by atoms with E-state index in [9.17, 15) is 0 Å². The second kappa shape index (κ2) is 24.0. The third-order valence-electron chi connectivity index (χ3n) is 16.6. The molecule has 1 heterocycles. The molecule has 0 bridgehead atoms. The van der Waals surface area contributed by atoms with Gasteiger partial charge in [-0.15, -0.1) is 0 Å². The van der Waals surface area contributed by atoms with Gasteiger partial charge in [0.15, 0.2) is 30.4 Å². The summed E-state index contributed by atoms with van der Waals surface area (Å²) in [5, 5.41) is 17.4. The van der Waals surface area contributed by atoms with E-state index in [0.717, 1.165) is 42.6 Å². The van der Waals surface area contributed by atoms with E-state index in [1.54, 1.807) is 0 Å². The first-order chi connectivity index (χ1) is 41.9. The van der Waals surface area contributed by atoms with Crippen LogP contribution in [0.1, 0.15) is 0 Å². The topological polar surface area (TPSA) is 47.3 Å². The maximum atomic E-state index is 15.0. The minimum absolute atomic E-state index is 0.697. The smallest absolute Gasteiger partial charge is 0.179 e. The summed E-state index contributed by atoms with van der Waals surface area (Å²) >= 11 is 0. The van der Waals surface area contributed by atoms with Crippen LogP contribution in [0, 0.1) is 0 Å². The monoisotopic (exact) mass is 1160 g/mol. The maximum Gasteiger partial charge on any atom is 0.179 e. The van der Waals surface area contributed by atoms with Crippen molar-refractivity contribution in [2.75, 3.05) is 0 Å². The first-order valence-corrected chi connectivity index (χ1v) is 36.2. The lowest BCUT2D eigenvalue weighted by Gasteiger charge is -2.37. The van der Waals surface area contributed by atoms with E-state index in [4.69, 9.17) is 4.42 Å². The molecule has 14 aromatic rings. The second-order valence-corrected chi connectivity index (χ2v) is 34.5. The van der Waals surface area contributed by atoms with Crippen molar-refractivity contribution < 1.29 is 13.5 Å². The van der Waals surface area contributed by atoms with Gasteiger partial charge in [-0.3, -0.25) is 0 Å². The summed E-state index contributed by atoms with van der Waals surface area (Å²) < 4.78 is 36.3. The molecule has 0 spiro atoms. The van der Waals surface area contributed by atoms with Crippen molar-refractivity contribution in [3.63, 3.8) is 0 Å². The van der Waals surface area contributed by atoms with Crippen LogP contribution in [-0.4, -0.2) is 16.1 Å². The second-order valence-electron chi connectivity index (χ2n) is 21.3. The van der Waals surface area contributed by atoms with Crippen molar-refractivity contribution in [2.45, 2.75) is 0 Å². The van der Waals surface area contributed by atoms with Gasteiger partial charge in [0.2, 0.25) is 0 Å². The Balaban J connectivity index is 0.000000159. The Morgan fingerprint density at radius 1 is 0.200 bits per heavy atom. The molecule has 0 saturated heterocycles. The minimum atomic E-state index is -3.17. The van der Waals surface area contributed by atoms with Crippen molar-refractivity contribution in [3.8, 4) is 0 Å². The number of furan rings is 1. The van der Waals surface area contributed by atoms with E-state index < -0.39 is 30.4 Å². The average Bonchev–Trinajstić information content (AvgIpc) is 1.65. The molecule has 0 radical (unpaired) electrons. The van der Waals surface area contributed by atoms with Crippen LogP contribution in [0.25, 0.3) is 21.9 Å². The van der Waals surface area contributed by atoms with E-state index in [0.29, 0.717) is 11.2 Å². The van der Waals surface area contributed by atoms with Gasteiger partial charge in [0.05, 0.1) is 0 Å². The van der Waals surface area contributed by atoms with Crippen LogP contribution in [0.4, 0.5) is 0 Å². The minimum Gasteiger partial charge on any atom is -0.456 e. The Morgan fingerprint density at radius 2 is 0.388 bits per heavy atom. The molecule has 0 aliphatic heterocycles. The molecular formula is C78H60O3P2Si2. The van der Waals surface area contributed by atoms with Crippen LogP contribution in [0.15, 0.2) is 368 Å². The third kappa shape index (κ3) is 9.95. The van der Waals surface area contributed by atoms with E-state index in [1.165, 1.54) is 41.5 Å². The highest BCUT2D eigenvalue weighted by atomic mass is 31.2. The molecule has 0 aliphatic carbocycles. The summed E-state index contributed by atoms with van der Waals surface area (Å²) in [6.45, 7) is 0. The van der Waals surface area contributed by atoms with E-state index in [-0.39, 0.29) is 0 Å². The lowest BCUT2D eigenvalue weighted by molar-refractivity contribution is 0.591. The average molecular weight is 1160 g/mol. The summed E-state index contributed by atoms with van der Waals surface area (Å²) in [4.78, 5) is 0. The van der Waals surface area contributed by atoms with Crippen molar-refractivity contribution in [2.24, 2.45) is 0 Å². The molecule has 14 rings (SSSR count). The normalized spacial score (nSPS) is 11.9. The third-order valence-corrected chi connectivity index (χ3v) is 32.3. The number of hydrogen-bond acceptors (Lipinski definition) is 3. The van der Waals surface area contributed by atoms with Gasteiger partial charge in [0.25, 0.3) is 0 Å². The Kier molecular flexibility index (Phi) is 15.5. The van der Waals surface area contributed by atoms with E-state index in [1.807, 2.05) is 158 Å². The molecule has 1 aromatic heterocycles. The molecule has 0 unspecified atom stereocenters. The van der Waals surface area contributed by atoms with Crippen molar-refractivity contribution in [1.82, 2.24) is 0 Å². The Hall–Kier alpha value is -9.45. The quantitative estimate of drug-likeness (QED) is 0.0619. The van der Waals surface area contributed by atoms with Crippen molar-refractivity contribution >= 4 is 126 Å². The molecular weight excluding hydrogens is 1100 g/mol. The molecule has 7 heteroatoms. The summed E-state index contributed by atoms with van der Waals surface area (Å²) in [6.07, 6.45) is 0. The standard InChI is InChI=1S/C42H34Si2.C36H26O3P2/c1-7-19-35(20-8-1)43(36-21-9-2-10-22-36,37-23-11-3-12-24-37)41-31-33-42(34-32-41)44(38-25-13-4-14-26-38,39-27-15-5-16-28-39)40-29-17-6-18-30-40;37-40(27-13-5-1-6-14-27,28-15-7-2-8-16-28)31-21-23-35-33(25-31)34-26-32(22-24-36(34)39-35)41(38,29-17-9-3-10-18-29)30-19-11-4-12-20-30/h1-34H;1-26H. The fourth-order valence-electron chi connectivity index (χ4n) is 12.7. The highest BCUT2D eigenvalue weighted by molar-refractivity contribution is 7.85. The van der Waals surface area contributed by atoms with Crippen LogP contribution in [0.3, 0.4) is 0 Å². The van der Waals surface area contributed by atoms with E-state index in [2.05, 4.69) is 206 Å². The highest BCUT2D eigenvalue weighted by Crippen LogP contribution is 2.46. The zero-order valence-corrected chi connectivity index (χ0v) is 50.5. The lowest BCUT2D eigenvalue weighted by Crippen LogP contribution is -2.76. The van der Waals surface area contributed by atoms with Gasteiger partial charge >= 0.3 is 0 Å². The van der Waals surface area contributed by atoms with Gasteiger partial charge in [-0.1, -0.05) is 328 Å². The molecule has 3 nitrogen and oxygen atoms in total. The van der Waals surface area contributed by atoms with E-state index >= 15 is 9.13 Å². The summed E-state index contributed by atoms with van der Waals surface area (Å²) in [7, 11) is -11.6. The Bertz CT molecular complexity index is 4020. The molecule has 0 amide bonds. The molecule has 0 fully saturated rings. The molecule has 408 valence electrons. The zero-order valence-electron chi connectivity index (χ0n) is 46.8. The van der Waals surface area contributed by atoms with Crippen molar-refractivity contribution in [3.05, 3.63) is 364 Å². The largest absolute Gasteiger partial charge is 0.456 e. The van der Waals surface area contributed by atoms with Gasteiger partial charge in [-0.25, -0.2) is 0 Å². The number of rotatable bonds is 14. The lowest BCUT2D eigenvalue weighted by atomic mass is 10.1. The van der Waals surface area contributed by atoms with Crippen LogP contribution in [0.5, 0.6) is 0 Å². The molecule has 0 N–H and O–H groups in total. The Morgan fingerprint density at radius 3 is 0.600 bits per heavy atom. The van der Waals surface area contributed by atoms with Gasteiger partial charge < -0.3 is 13.5 Å². The van der Waals surface area contributed by atoms with Gasteiger partial charge in [-0.2, -0.15) is 0 Å². The fraction of sp³-hybridized carbons (Fsp3) is 0. The predicted molar refractivity (Wildman–Crippen MR) is 366 cm³/mol. The fourth-order valence-corrected chi connectivity index (χ4v) is 27.5. The summed E-state index contributed by atoms with van der Waals surface area (Å²) in [5.74, 6) is 0. The molecule has 0 saturated carbocycles. The zero-order chi connectivity index (χ0) is 57.5. The van der Waals surface area contributed by atoms with Crippen LogP contribution < -0.4 is 73.3 Å². The van der Waals surface area contributed by atoms with Gasteiger partial charge in [-0.05, 0) is 77.9 Å². The molecule has 85 heavy (non-hydrogen) atoms. The van der Waals surface area contributed by atoms with Crippen LogP contribution in [-0.2, 0) is 9.13 Å². The number of hydrogen-bond donors (Lipinski definition) is 0. The summed E-state index contributed by atoms with van der Waals surface area (Å²) in [6, 6.07) is 127. The molecule has 0 atom stereocenters. The predicted octanol–water partition coefficient (Wildman–Crippen LogP) is 11.3. The molecule has 0 aliphatic rings. The van der Waals surface area contributed by atoms with Gasteiger partial charge in [0, 0.05) is 42.6 Å². The van der Waals surface area contributed by atoms with Crippen LogP contribution >= 0.6 is 14.3 Å².